The second-order valence-corrected chi connectivity index (χ2v) is 7.83. The first-order chi connectivity index (χ1) is 14.9. The van der Waals surface area contributed by atoms with Crippen molar-refractivity contribution in [3.05, 3.63) is 88.4 Å². The molecule has 154 valence electrons. The van der Waals surface area contributed by atoms with Crippen LogP contribution in [0.15, 0.2) is 82.4 Å². The van der Waals surface area contributed by atoms with Crippen molar-refractivity contribution in [2.45, 2.75) is 6.92 Å². The molecule has 0 radical (unpaired) electrons. The number of pyridine rings is 1. The molecular formula is C24H18BrN3O3. The number of carbonyl (C=O) groups is 1. The molecule has 0 atom stereocenters. The summed E-state index contributed by atoms with van der Waals surface area (Å²) in [5, 5.41) is 24.3. The lowest BCUT2D eigenvalue weighted by Gasteiger charge is -2.10. The van der Waals surface area contributed by atoms with E-state index in [0.717, 1.165) is 10.0 Å². The van der Waals surface area contributed by atoms with Crippen molar-refractivity contribution in [2.75, 3.05) is 0 Å². The molecule has 1 heterocycles. The van der Waals surface area contributed by atoms with Crippen LogP contribution in [0.5, 0.6) is 11.5 Å². The Kier molecular flexibility index (Phi) is 5.68. The number of halogens is 1. The molecule has 0 aliphatic heterocycles. The molecule has 0 aliphatic rings. The monoisotopic (exact) mass is 475 g/mol. The van der Waals surface area contributed by atoms with E-state index in [-0.39, 0.29) is 11.5 Å². The summed E-state index contributed by atoms with van der Waals surface area (Å²) < 4.78 is 0.956. The summed E-state index contributed by atoms with van der Waals surface area (Å²) in [5.74, 6) is -0.571. The summed E-state index contributed by atoms with van der Waals surface area (Å²) in [6, 6.07) is 21.1. The normalized spacial score (nSPS) is 11.5. The van der Waals surface area contributed by atoms with E-state index in [2.05, 4.69) is 26.5 Å². The summed E-state index contributed by atoms with van der Waals surface area (Å²) in [7, 11) is 0. The fourth-order valence-corrected chi connectivity index (χ4v) is 3.48. The summed E-state index contributed by atoms with van der Waals surface area (Å²) >= 11 is 3.43. The SMILES string of the molecule is C/C(=N/NC(=O)c1cc(-c2ccc(Br)cc2)nc2ccccc12)c1ccc(O)cc1O. The zero-order valence-corrected chi connectivity index (χ0v) is 18.1. The molecule has 0 saturated heterocycles. The van der Waals surface area contributed by atoms with E-state index in [9.17, 15) is 15.0 Å². The number of hydrogen-bond acceptors (Lipinski definition) is 5. The van der Waals surface area contributed by atoms with Crippen LogP contribution in [0.3, 0.4) is 0 Å². The van der Waals surface area contributed by atoms with E-state index in [1.807, 2.05) is 48.5 Å². The minimum absolute atomic E-state index is 0.0539. The third-order valence-corrected chi connectivity index (χ3v) is 5.33. The fraction of sp³-hybridized carbons (Fsp3) is 0.0417. The third-order valence-electron chi connectivity index (χ3n) is 4.80. The zero-order chi connectivity index (χ0) is 22.0. The number of nitrogens with zero attached hydrogens (tertiary/aromatic N) is 2. The van der Waals surface area contributed by atoms with Crippen molar-refractivity contribution >= 4 is 38.5 Å². The number of aromatic hydroxyl groups is 2. The lowest BCUT2D eigenvalue weighted by Crippen LogP contribution is -2.20. The van der Waals surface area contributed by atoms with Crippen molar-refractivity contribution < 1.29 is 15.0 Å². The molecule has 0 aliphatic carbocycles. The van der Waals surface area contributed by atoms with Crippen molar-refractivity contribution in [1.29, 1.82) is 0 Å². The lowest BCUT2D eigenvalue weighted by atomic mass is 10.0. The van der Waals surface area contributed by atoms with Crippen LogP contribution in [0.1, 0.15) is 22.8 Å². The second-order valence-electron chi connectivity index (χ2n) is 6.92. The number of para-hydroxylation sites is 1. The van der Waals surface area contributed by atoms with Gasteiger partial charge in [-0.2, -0.15) is 5.10 Å². The van der Waals surface area contributed by atoms with Gasteiger partial charge in [0.2, 0.25) is 0 Å². The van der Waals surface area contributed by atoms with E-state index < -0.39 is 5.91 Å². The first kappa shape index (κ1) is 20.6. The Morgan fingerprint density at radius 2 is 1.71 bits per heavy atom. The number of carbonyl (C=O) groups excluding carboxylic acids is 1. The molecule has 1 aromatic heterocycles. The van der Waals surface area contributed by atoms with Gasteiger partial charge < -0.3 is 10.2 Å². The molecule has 0 spiro atoms. The molecule has 0 bridgehead atoms. The maximum atomic E-state index is 13.0. The Labute approximate surface area is 187 Å². The fourth-order valence-electron chi connectivity index (χ4n) is 3.21. The first-order valence-corrected chi connectivity index (χ1v) is 10.2. The molecule has 1 amide bonds. The Hall–Kier alpha value is -3.71. The quantitative estimate of drug-likeness (QED) is 0.278. The molecule has 3 aromatic carbocycles. The molecule has 0 saturated carbocycles. The van der Waals surface area contributed by atoms with Gasteiger partial charge >= 0.3 is 0 Å². The largest absolute Gasteiger partial charge is 0.508 e. The van der Waals surface area contributed by atoms with Crippen molar-refractivity contribution in [3.63, 3.8) is 0 Å². The topological polar surface area (TPSA) is 94.8 Å². The van der Waals surface area contributed by atoms with E-state index in [4.69, 9.17) is 4.98 Å². The number of hydrazone groups is 1. The number of aromatic nitrogens is 1. The summed E-state index contributed by atoms with van der Waals surface area (Å²) in [6.45, 7) is 1.66. The van der Waals surface area contributed by atoms with Gasteiger partial charge in [-0.15, -0.1) is 0 Å². The number of hydrogen-bond donors (Lipinski definition) is 3. The maximum Gasteiger partial charge on any atom is 0.272 e. The van der Waals surface area contributed by atoms with Crippen LogP contribution in [0.25, 0.3) is 22.2 Å². The average molecular weight is 476 g/mol. The minimum atomic E-state index is -0.394. The van der Waals surface area contributed by atoms with Gasteiger partial charge in [-0.05, 0) is 43.3 Å². The predicted molar refractivity (Wildman–Crippen MR) is 124 cm³/mol. The smallest absolute Gasteiger partial charge is 0.272 e. The van der Waals surface area contributed by atoms with E-state index >= 15 is 0 Å². The van der Waals surface area contributed by atoms with Crippen LogP contribution in [-0.2, 0) is 0 Å². The van der Waals surface area contributed by atoms with E-state index in [1.54, 1.807) is 13.0 Å². The second kappa shape index (κ2) is 8.57. The van der Waals surface area contributed by atoms with Crippen LogP contribution < -0.4 is 5.43 Å². The Balaban J connectivity index is 1.70. The third kappa shape index (κ3) is 4.41. The van der Waals surface area contributed by atoms with Gasteiger partial charge in [-0.1, -0.05) is 46.3 Å². The Bertz CT molecular complexity index is 1320. The van der Waals surface area contributed by atoms with Gasteiger partial charge in [-0.3, -0.25) is 4.79 Å². The highest BCUT2D eigenvalue weighted by Gasteiger charge is 2.14. The molecule has 4 rings (SSSR count). The minimum Gasteiger partial charge on any atom is -0.508 e. The van der Waals surface area contributed by atoms with Crippen molar-refractivity contribution in [2.24, 2.45) is 5.10 Å². The molecule has 7 heteroatoms. The van der Waals surface area contributed by atoms with Crippen molar-refractivity contribution in [1.82, 2.24) is 10.4 Å². The first-order valence-electron chi connectivity index (χ1n) is 9.45. The highest BCUT2D eigenvalue weighted by atomic mass is 79.9. The van der Waals surface area contributed by atoms with Gasteiger partial charge in [0.1, 0.15) is 11.5 Å². The van der Waals surface area contributed by atoms with Gasteiger partial charge in [0.15, 0.2) is 0 Å². The average Bonchev–Trinajstić information content (AvgIpc) is 2.77. The van der Waals surface area contributed by atoms with Gasteiger partial charge in [0.25, 0.3) is 5.91 Å². The van der Waals surface area contributed by atoms with Crippen LogP contribution in [0.2, 0.25) is 0 Å². The summed E-state index contributed by atoms with van der Waals surface area (Å²) in [5.41, 5.74) is 6.07. The van der Waals surface area contributed by atoms with Crippen LogP contribution in [0, 0.1) is 0 Å². The lowest BCUT2D eigenvalue weighted by molar-refractivity contribution is 0.0956. The predicted octanol–water partition coefficient (Wildman–Crippen LogP) is 5.23. The Morgan fingerprint density at radius 1 is 0.968 bits per heavy atom. The maximum absolute atomic E-state index is 13.0. The number of rotatable bonds is 4. The molecule has 31 heavy (non-hydrogen) atoms. The van der Waals surface area contributed by atoms with Crippen LogP contribution in [0.4, 0.5) is 0 Å². The molecule has 4 aromatic rings. The number of benzene rings is 3. The van der Waals surface area contributed by atoms with Gasteiger partial charge in [0.05, 0.1) is 22.5 Å². The highest BCUT2D eigenvalue weighted by Crippen LogP contribution is 2.26. The summed E-state index contributed by atoms with van der Waals surface area (Å²) in [4.78, 5) is 17.7. The van der Waals surface area contributed by atoms with E-state index in [0.29, 0.717) is 33.4 Å². The van der Waals surface area contributed by atoms with Gasteiger partial charge in [0, 0.05) is 27.1 Å². The summed E-state index contributed by atoms with van der Waals surface area (Å²) in [6.07, 6.45) is 0. The molecule has 0 fully saturated rings. The molecule has 0 unspecified atom stereocenters. The van der Waals surface area contributed by atoms with Crippen LogP contribution >= 0.6 is 15.9 Å². The number of amides is 1. The van der Waals surface area contributed by atoms with Crippen LogP contribution in [-0.4, -0.2) is 26.8 Å². The number of nitrogens with one attached hydrogen (secondary N) is 1. The molecule has 6 nitrogen and oxygen atoms in total. The Morgan fingerprint density at radius 3 is 2.45 bits per heavy atom. The zero-order valence-electron chi connectivity index (χ0n) is 16.5. The molecular weight excluding hydrogens is 458 g/mol. The molecule has 3 N–H and O–H groups in total. The standard InChI is InChI=1S/C24H18BrN3O3/c1-14(18-11-10-17(29)12-23(18)30)27-28-24(31)20-13-22(15-6-8-16(25)9-7-15)26-21-5-3-2-4-19(20)21/h2-13,29-30H,1H3,(H,28,31)/b27-14-. The number of fused-ring (bicyclic) bond motifs is 1. The van der Waals surface area contributed by atoms with E-state index in [1.165, 1.54) is 18.2 Å². The highest BCUT2D eigenvalue weighted by molar-refractivity contribution is 9.10. The number of phenolic OH excluding ortho intramolecular Hbond substituents is 2. The number of phenols is 2. The van der Waals surface area contributed by atoms with Crippen molar-refractivity contribution in [3.8, 4) is 22.8 Å². The van der Waals surface area contributed by atoms with Gasteiger partial charge in [-0.25, -0.2) is 10.4 Å².